The minimum absolute atomic E-state index is 0.0575. The molecule has 0 aromatic heterocycles. The highest BCUT2D eigenvalue weighted by atomic mass is 32.2. The number of carbonyl (C=O) groups is 4. The van der Waals surface area contributed by atoms with Gasteiger partial charge in [-0.05, 0) is 42.0 Å². The minimum atomic E-state index is -1.23. The Morgan fingerprint density at radius 2 is 1.44 bits per heavy atom. The number of aromatic carboxylic acids is 1. The van der Waals surface area contributed by atoms with Crippen molar-refractivity contribution in [1.82, 2.24) is 0 Å². The van der Waals surface area contributed by atoms with Crippen LogP contribution in [0.5, 0.6) is 0 Å². The molecule has 3 aromatic carbocycles. The molecule has 34 heavy (non-hydrogen) atoms. The molecule has 0 aliphatic heterocycles. The summed E-state index contributed by atoms with van der Waals surface area (Å²) in [6, 6.07) is 21.9. The Labute approximate surface area is 199 Å². The van der Waals surface area contributed by atoms with E-state index in [1.807, 2.05) is 30.3 Å². The van der Waals surface area contributed by atoms with Gasteiger partial charge < -0.3 is 20.8 Å². The van der Waals surface area contributed by atoms with Gasteiger partial charge in [0.2, 0.25) is 11.8 Å². The molecule has 1 unspecified atom stereocenters. The summed E-state index contributed by atoms with van der Waals surface area (Å²) in [5.74, 6) is -3.27. The topological polar surface area (TPSA) is 133 Å². The van der Waals surface area contributed by atoms with E-state index in [0.29, 0.717) is 16.3 Å². The van der Waals surface area contributed by atoms with Crippen molar-refractivity contribution in [3.63, 3.8) is 0 Å². The van der Waals surface area contributed by atoms with Gasteiger partial charge in [-0.15, -0.1) is 11.8 Å². The molecule has 0 heterocycles. The summed E-state index contributed by atoms with van der Waals surface area (Å²) < 4.78 is 0. The predicted octanol–water partition coefficient (Wildman–Crippen LogP) is 4.44. The van der Waals surface area contributed by atoms with Gasteiger partial charge in [-0.25, -0.2) is 9.59 Å². The highest BCUT2D eigenvalue weighted by Gasteiger charge is 2.22. The Bertz CT molecular complexity index is 1240. The molecule has 9 heteroatoms. The molecule has 0 aliphatic carbocycles. The molecular formula is C25H20N2O6S. The van der Waals surface area contributed by atoms with Gasteiger partial charge in [0.1, 0.15) is 5.25 Å². The standard InChI is InChI=1S/C25H20N2O6S/c28-21(12-13-22(29)30)26-19-10-5-11-20(15-19)34-23(16-6-2-1-3-7-16)24(31)27-18-9-4-8-17(14-18)25(32)33/h1-15,23H,(H,26,28)(H,27,31)(H,29,30)(H,32,33)/b13-12+. The zero-order chi connectivity index (χ0) is 24.5. The van der Waals surface area contributed by atoms with Gasteiger partial charge in [0.15, 0.2) is 0 Å². The normalized spacial score (nSPS) is 11.5. The summed E-state index contributed by atoms with van der Waals surface area (Å²) in [6.45, 7) is 0. The molecule has 0 aliphatic rings. The number of benzene rings is 3. The molecule has 2 amide bonds. The lowest BCUT2D eigenvalue weighted by Gasteiger charge is -2.18. The lowest BCUT2D eigenvalue weighted by Crippen LogP contribution is -2.19. The van der Waals surface area contributed by atoms with Crippen LogP contribution in [0.15, 0.2) is 95.9 Å². The fourth-order valence-electron chi connectivity index (χ4n) is 2.95. The molecule has 0 saturated carbocycles. The molecule has 8 nitrogen and oxygen atoms in total. The maximum atomic E-state index is 13.2. The fraction of sp³-hybridized carbons (Fsp3) is 0.0400. The summed E-state index contributed by atoms with van der Waals surface area (Å²) in [7, 11) is 0. The average molecular weight is 477 g/mol. The summed E-state index contributed by atoms with van der Waals surface area (Å²) in [5, 5.41) is 22.5. The van der Waals surface area contributed by atoms with Crippen LogP contribution < -0.4 is 10.6 Å². The second-order valence-electron chi connectivity index (χ2n) is 6.97. The van der Waals surface area contributed by atoms with Gasteiger partial charge in [-0.3, -0.25) is 9.59 Å². The summed E-state index contributed by atoms with van der Waals surface area (Å²) in [6.07, 6.45) is 1.65. The van der Waals surface area contributed by atoms with Crippen LogP contribution in [-0.2, 0) is 14.4 Å². The Morgan fingerprint density at radius 3 is 2.12 bits per heavy atom. The van der Waals surface area contributed by atoms with Gasteiger partial charge in [0, 0.05) is 28.4 Å². The van der Waals surface area contributed by atoms with Crippen LogP contribution in [-0.4, -0.2) is 34.0 Å². The number of thioether (sulfide) groups is 1. The van der Waals surface area contributed by atoms with E-state index in [4.69, 9.17) is 5.11 Å². The molecule has 0 radical (unpaired) electrons. The number of hydrogen-bond donors (Lipinski definition) is 4. The van der Waals surface area contributed by atoms with Gasteiger partial charge in [0.25, 0.3) is 0 Å². The van der Waals surface area contributed by atoms with Crippen LogP contribution in [0.1, 0.15) is 21.2 Å². The van der Waals surface area contributed by atoms with Crippen LogP contribution >= 0.6 is 11.8 Å². The van der Waals surface area contributed by atoms with E-state index in [2.05, 4.69) is 10.6 Å². The Hall–Kier alpha value is -4.37. The molecule has 0 fully saturated rings. The first-order valence-corrected chi connectivity index (χ1v) is 10.9. The molecule has 3 aromatic rings. The number of nitrogens with one attached hydrogen (secondary N) is 2. The maximum absolute atomic E-state index is 13.2. The van der Waals surface area contributed by atoms with Gasteiger partial charge in [-0.2, -0.15) is 0 Å². The van der Waals surface area contributed by atoms with E-state index in [0.717, 1.165) is 17.7 Å². The first-order chi connectivity index (χ1) is 16.3. The lowest BCUT2D eigenvalue weighted by atomic mass is 10.1. The van der Waals surface area contributed by atoms with Crippen LogP contribution in [0, 0.1) is 0 Å². The van der Waals surface area contributed by atoms with Crippen molar-refractivity contribution in [1.29, 1.82) is 0 Å². The van der Waals surface area contributed by atoms with Crippen molar-refractivity contribution in [2.75, 3.05) is 10.6 Å². The third kappa shape index (κ3) is 7.07. The maximum Gasteiger partial charge on any atom is 0.335 e. The lowest BCUT2D eigenvalue weighted by molar-refractivity contribution is -0.131. The van der Waals surface area contributed by atoms with Crippen molar-refractivity contribution >= 4 is 46.9 Å². The van der Waals surface area contributed by atoms with Gasteiger partial charge in [-0.1, -0.05) is 42.5 Å². The molecule has 3 rings (SSSR count). The van der Waals surface area contributed by atoms with E-state index in [9.17, 15) is 24.3 Å². The summed E-state index contributed by atoms with van der Waals surface area (Å²) in [5.41, 5.74) is 1.59. The van der Waals surface area contributed by atoms with Gasteiger partial charge in [0.05, 0.1) is 5.56 Å². The van der Waals surface area contributed by atoms with Crippen molar-refractivity contribution in [3.8, 4) is 0 Å². The third-order valence-corrected chi connectivity index (χ3v) is 5.70. The van der Waals surface area contributed by atoms with Crippen molar-refractivity contribution in [2.24, 2.45) is 0 Å². The van der Waals surface area contributed by atoms with Gasteiger partial charge >= 0.3 is 11.9 Å². The van der Waals surface area contributed by atoms with E-state index >= 15 is 0 Å². The van der Waals surface area contributed by atoms with Crippen molar-refractivity contribution in [3.05, 3.63) is 102 Å². The highest BCUT2D eigenvalue weighted by Crippen LogP contribution is 2.37. The van der Waals surface area contributed by atoms with Crippen LogP contribution in [0.3, 0.4) is 0 Å². The SMILES string of the molecule is O=C(O)/C=C/C(=O)Nc1cccc(SC(C(=O)Nc2cccc(C(=O)O)c2)c2ccccc2)c1. The molecule has 0 saturated heterocycles. The van der Waals surface area contributed by atoms with E-state index in [1.54, 1.807) is 36.4 Å². The first kappa shape index (κ1) is 24.3. The molecule has 4 N–H and O–H groups in total. The van der Waals surface area contributed by atoms with E-state index < -0.39 is 23.1 Å². The number of carboxylic acid groups (broad SMARTS) is 2. The third-order valence-electron chi connectivity index (χ3n) is 4.45. The Morgan fingerprint density at radius 1 is 0.765 bits per heavy atom. The number of hydrogen-bond acceptors (Lipinski definition) is 5. The van der Waals surface area contributed by atoms with E-state index in [1.165, 1.54) is 23.9 Å². The number of carboxylic acids is 2. The highest BCUT2D eigenvalue weighted by molar-refractivity contribution is 8.00. The minimum Gasteiger partial charge on any atom is -0.478 e. The number of aliphatic carboxylic acids is 1. The largest absolute Gasteiger partial charge is 0.478 e. The van der Waals surface area contributed by atoms with Crippen LogP contribution in [0.2, 0.25) is 0 Å². The zero-order valence-electron chi connectivity index (χ0n) is 17.7. The molecule has 172 valence electrons. The van der Waals surface area contributed by atoms with E-state index in [-0.39, 0.29) is 11.5 Å². The molecule has 0 spiro atoms. The first-order valence-electron chi connectivity index (χ1n) is 9.99. The van der Waals surface area contributed by atoms with Crippen LogP contribution in [0.25, 0.3) is 0 Å². The average Bonchev–Trinajstić information content (AvgIpc) is 2.82. The summed E-state index contributed by atoms with van der Waals surface area (Å²) in [4.78, 5) is 47.6. The van der Waals surface area contributed by atoms with Crippen molar-refractivity contribution < 1.29 is 29.4 Å². The Kier molecular flexibility index (Phi) is 8.20. The number of amides is 2. The molecule has 0 bridgehead atoms. The second kappa shape index (κ2) is 11.5. The molecular weight excluding hydrogens is 456 g/mol. The quantitative estimate of drug-likeness (QED) is 0.265. The smallest absolute Gasteiger partial charge is 0.335 e. The monoisotopic (exact) mass is 476 g/mol. The summed E-state index contributed by atoms with van der Waals surface area (Å²) >= 11 is 1.25. The Balaban J connectivity index is 1.82. The fourth-order valence-corrected chi connectivity index (χ4v) is 4.04. The molecule has 1 atom stereocenters. The number of anilines is 2. The number of rotatable bonds is 9. The second-order valence-corrected chi connectivity index (χ2v) is 8.15. The zero-order valence-corrected chi connectivity index (χ0v) is 18.5. The van der Waals surface area contributed by atoms with Crippen molar-refractivity contribution in [2.45, 2.75) is 10.1 Å². The predicted molar refractivity (Wildman–Crippen MR) is 129 cm³/mol. The van der Waals surface area contributed by atoms with Crippen LogP contribution in [0.4, 0.5) is 11.4 Å². The number of carbonyl (C=O) groups excluding carboxylic acids is 2.